The molecule has 2 aromatic heterocycles. The van der Waals surface area contributed by atoms with Crippen molar-refractivity contribution in [2.45, 2.75) is 44.3 Å². The first-order valence-corrected chi connectivity index (χ1v) is 13.1. The summed E-state index contributed by atoms with van der Waals surface area (Å²) in [5.74, 6) is 0.470. The molecular formula is C26H29NO4S2. The van der Waals surface area contributed by atoms with E-state index >= 15 is 0 Å². The molecule has 7 heteroatoms. The second kappa shape index (κ2) is 11.1. The Kier molecular flexibility index (Phi) is 7.96. The van der Waals surface area contributed by atoms with Crippen LogP contribution in [0.25, 0.3) is 0 Å². The molecule has 0 unspecified atom stereocenters. The third-order valence-corrected chi connectivity index (χ3v) is 7.76. The van der Waals surface area contributed by atoms with Crippen molar-refractivity contribution in [1.29, 1.82) is 0 Å². The average Bonchev–Trinajstić information content (AvgIpc) is 3.56. The van der Waals surface area contributed by atoms with Crippen LogP contribution in [0, 0.1) is 5.92 Å². The van der Waals surface area contributed by atoms with E-state index in [9.17, 15) is 9.90 Å². The molecule has 174 valence electrons. The normalized spacial score (nSPS) is 19.3. The maximum atomic E-state index is 13.4. The van der Waals surface area contributed by atoms with Crippen LogP contribution in [0.1, 0.15) is 42.4 Å². The Bertz CT molecular complexity index is 997. The molecule has 0 aliphatic heterocycles. The lowest BCUT2D eigenvalue weighted by molar-refractivity contribution is -0.168. The van der Waals surface area contributed by atoms with Gasteiger partial charge in [0.15, 0.2) is 0 Å². The number of thiophene rings is 2. The van der Waals surface area contributed by atoms with E-state index in [0.717, 1.165) is 37.1 Å². The Morgan fingerprint density at radius 2 is 1.79 bits per heavy atom. The van der Waals surface area contributed by atoms with Crippen LogP contribution in [0.2, 0.25) is 0 Å². The predicted molar refractivity (Wildman–Crippen MR) is 133 cm³/mol. The zero-order chi connectivity index (χ0) is 23.1. The number of para-hydroxylation sites is 1. The van der Waals surface area contributed by atoms with Crippen molar-refractivity contribution in [3.05, 3.63) is 75.1 Å². The summed E-state index contributed by atoms with van der Waals surface area (Å²) in [6, 6.07) is 16.9. The lowest BCUT2D eigenvalue weighted by Gasteiger charge is -2.39. The average molecular weight is 484 g/mol. The lowest BCUT2D eigenvalue weighted by atomic mass is 9.76. The van der Waals surface area contributed by atoms with Crippen LogP contribution in [-0.4, -0.2) is 36.0 Å². The van der Waals surface area contributed by atoms with Crippen molar-refractivity contribution in [3.63, 3.8) is 0 Å². The third kappa shape index (κ3) is 5.37. The molecule has 1 aliphatic carbocycles. The molecule has 1 aromatic carbocycles. The molecule has 1 fully saturated rings. The number of hydrogen-bond donors (Lipinski definition) is 1. The number of benzene rings is 1. The fourth-order valence-corrected chi connectivity index (χ4v) is 5.75. The first-order valence-electron chi connectivity index (χ1n) is 11.4. The van der Waals surface area contributed by atoms with E-state index in [1.807, 2.05) is 53.2 Å². The highest BCUT2D eigenvalue weighted by Crippen LogP contribution is 2.39. The summed E-state index contributed by atoms with van der Waals surface area (Å²) in [5.41, 5.74) is -0.884. The minimum absolute atomic E-state index is 0.245. The predicted octanol–water partition coefficient (Wildman–Crippen LogP) is 5.69. The number of hydrogen-bond acceptors (Lipinski definition) is 7. The summed E-state index contributed by atoms with van der Waals surface area (Å²) in [7, 11) is 0. The highest BCUT2D eigenvalue weighted by Gasteiger charge is 2.48. The standard InChI is InChI=1S/C26H29NO4S2/c1-2-9-19-18-21(27-14-8-15-30-20-10-4-3-5-11-20)24(19)31-25(28)26(29,22-12-6-16-32-22)23-13-7-17-33-23/h3-7,10-13,16-17,19,24,29H,2,8-9,14-15,18H2,1H3/t19-,24-/m1/s1. The summed E-state index contributed by atoms with van der Waals surface area (Å²) in [6.07, 6.45) is 3.22. The molecule has 2 atom stereocenters. The van der Waals surface area contributed by atoms with Gasteiger partial charge in [-0.25, -0.2) is 4.79 Å². The number of aliphatic imine (C=N–C) groups is 1. The Balaban J connectivity index is 1.41. The maximum absolute atomic E-state index is 13.4. The zero-order valence-corrected chi connectivity index (χ0v) is 20.3. The Morgan fingerprint density at radius 1 is 1.09 bits per heavy atom. The molecule has 0 bridgehead atoms. The fraction of sp³-hybridized carbons (Fsp3) is 0.385. The van der Waals surface area contributed by atoms with Gasteiger partial charge in [-0.1, -0.05) is 43.7 Å². The zero-order valence-electron chi connectivity index (χ0n) is 18.7. The quantitative estimate of drug-likeness (QED) is 0.281. The molecule has 3 aromatic rings. The number of carbonyl (C=O) groups is 1. The van der Waals surface area contributed by atoms with Crippen molar-refractivity contribution in [1.82, 2.24) is 0 Å². The highest BCUT2D eigenvalue weighted by atomic mass is 32.1. The second-order valence-electron chi connectivity index (χ2n) is 8.13. The second-order valence-corrected chi connectivity index (χ2v) is 10.0. The molecule has 1 aliphatic rings. The first kappa shape index (κ1) is 23.7. The minimum Gasteiger partial charge on any atom is -0.494 e. The minimum atomic E-state index is -1.79. The van der Waals surface area contributed by atoms with Gasteiger partial charge in [-0.05, 0) is 47.9 Å². The molecule has 0 radical (unpaired) electrons. The number of esters is 1. The van der Waals surface area contributed by atoms with Gasteiger partial charge in [-0.3, -0.25) is 4.99 Å². The van der Waals surface area contributed by atoms with E-state index in [1.54, 1.807) is 12.1 Å². The molecule has 1 saturated carbocycles. The maximum Gasteiger partial charge on any atom is 0.350 e. The van der Waals surface area contributed by atoms with Gasteiger partial charge in [-0.2, -0.15) is 0 Å². The van der Waals surface area contributed by atoms with Gasteiger partial charge >= 0.3 is 5.97 Å². The number of aliphatic hydroxyl groups is 1. The van der Waals surface area contributed by atoms with E-state index in [-0.39, 0.29) is 12.0 Å². The van der Waals surface area contributed by atoms with Crippen LogP contribution in [0.4, 0.5) is 0 Å². The first-order chi connectivity index (χ1) is 16.1. The van der Waals surface area contributed by atoms with Crippen molar-refractivity contribution < 1.29 is 19.4 Å². The summed E-state index contributed by atoms with van der Waals surface area (Å²) in [5, 5.41) is 15.2. The summed E-state index contributed by atoms with van der Waals surface area (Å²) in [6.45, 7) is 3.33. The van der Waals surface area contributed by atoms with Crippen LogP contribution < -0.4 is 4.74 Å². The van der Waals surface area contributed by atoms with E-state index in [1.165, 1.54) is 22.7 Å². The van der Waals surface area contributed by atoms with Crippen LogP contribution in [0.15, 0.2) is 70.3 Å². The Labute approximate surface area is 202 Å². The van der Waals surface area contributed by atoms with Crippen LogP contribution in [-0.2, 0) is 15.1 Å². The molecule has 0 spiro atoms. The number of carbonyl (C=O) groups excluding carboxylic acids is 1. The topological polar surface area (TPSA) is 68.1 Å². The number of ether oxygens (including phenoxy) is 2. The van der Waals surface area contributed by atoms with Gasteiger partial charge in [0.1, 0.15) is 11.9 Å². The van der Waals surface area contributed by atoms with Gasteiger partial charge in [0.05, 0.1) is 22.1 Å². The van der Waals surface area contributed by atoms with Gasteiger partial charge in [-0.15, -0.1) is 22.7 Å². The van der Waals surface area contributed by atoms with E-state index in [4.69, 9.17) is 14.5 Å². The van der Waals surface area contributed by atoms with Crippen molar-refractivity contribution in [3.8, 4) is 5.75 Å². The van der Waals surface area contributed by atoms with Gasteiger partial charge in [0.2, 0.25) is 5.60 Å². The molecule has 5 nitrogen and oxygen atoms in total. The highest BCUT2D eigenvalue weighted by molar-refractivity contribution is 7.12. The van der Waals surface area contributed by atoms with E-state index < -0.39 is 11.6 Å². The largest absolute Gasteiger partial charge is 0.494 e. The Hall–Kier alpha value is -2.48. The SMILES string of the molecule is CCC[C@@H]1CC(=NCCCOc2ccccc2)[C@@H]1OC(=O)C(O)(c1cccs1)c1cccs1. The molecular weight excluding hydrogens is 454 g/mol. The van der Waals surface area contributed by atoms with Crippen molar-refractivity contribution in [2.24, 2.45) is 10.9 Å². The number of rotatable bonds is 11. The van der Waals surface area contributed by atoms with Crippen molar-refractivity contribution >= 4 is 34.4 Å². The Morgan fingerprint density at radius 3 is 2.39 bits per heavy atom. The third-order valence-electron chi connectivity index (χ3n) is 5.80. The van der Waals surface area contributed by atoms with E-state index in [2.05, 4.69) is 6.92 Å². The molecule has 0 amide bonds. The van der Waals surface area contributed by atoms with E-state index in [0.29, 0.717) is 22.9 Å². The lowest BCUT2D eigenvalue weighted by Crippen LogP contribution is -2.49. The summed E-state index contributed by atoms with van der Waals surface area (Å²) >= 11 is 2.70. The van der Waals surface area contributed by atoms with Crippen molar-refractivity contribution in [2.75, 3.05) is 13.2 Å². The molecule has 1 N–H and O–H groups in total. The van der Waals surface area contributed by atoms with Gasteiger partial charge < -0.3 is 14.6 Å². The molecule has 33 heavy (non-hydrogen) atoms. The molecule has 4 rings (SSSR count). The monoisotopic (exact) mass is 483 g/mol. The van der Waals surface area contributed by atoms with Crippen LogP contribution in [0.3, 0.4) is 0 Å². The van der Waals surface area contributed by atoms with Crippen LogP contribution in [0.5, 0.6) is 5.75 Å². The molecule has 2 heterocycles. The van der Waals surface area contributed by atoms with Gasteiger partial charge in [0.25, 0.3) is 0 Å². The summed E-state index contributed by atoms with van der Waals surface area (Å²) < 4.78 is 11.7. The molecule has 0 saturated heterocycles. The summed E-state index contributed by atoms with van der Waals surface area (Å²) in [4.78, 5) is 19.2. The fourth-order valence-electron chi connectivity index (χ4n) is 4.03. The number of nitrogens with zero attached hydrogens (tertiary/aromatic N) is 1. The smallest absolute Gasteiger partial charge is 0.350 e. The van der Waals surface area contributed by atoms with Crippen LogP contribution >= 0.6 is 22.7 Å². The van der Waals surface area contributed by atoms with Gasteiger partial charge in [0, 0.05) is 18.9 Å².